The molecule has 1 fully saturated rings. The van der Waals surface area contributed by atoms with E-state index in [1.807, 2.05) is 18.2 Å². The number of rotatable bonds is 4. The quantitative estimate of drug-likeness (QED) is 0.513. The first-order chi connectivity index (χ1) is 13.5. The van der Waals surface area contributed by atoms with Gasteiger partial charge in [-0.05, 0) is 23.8 Å². The largest absolute Gasteiger partial charge is 0.378 e. The molecule has 0 saturated carbocycles. The molecule has 28 heavy (non-hydrogen) atoms. The van der Waals surface area contributed by atoms with Crippen LogP contribution in [-0.4, -0.2) is 57.1 Å². The summed E-state index contributed by atoms with van der Waals surface area (Å²) in [6.45, 7) is 2.88. The first kappa shape index (κ1) is 19.0. The van der Waals surface area contributed by atoms with Crippen molar-refractivity contribution in [2.24, 2.45) is 0 Å². The van der Waals surface area contributed by atoms with Gasteiger partial charge in [0, 0.05) is 37.3 Å². The Balaban J connectivity index is 1.79. The zero-order valence-corrected chi connectivity index (χ0v) is 16.7. The van der Waals surface area contributed by atoms with E-state index in [4.69, 9.17) is 16.3 Å². The van der Waals surface area contributed by atoms with Crippen LogP contribution < -0.4 is 9.21 Å². The van der Waals surface area contributed by atoms with Gasteiger partial charge in [-0.2, -0.15) is 0 Å². The molecule has 1 N–H and O–H groups in total. The first-order valence-corrected chi connectivity index (χ1v) is 10.1. The van der Waals surface area contributed by atoms with Crippen LogP contribution >= 0.6 is 11.6 Å². The van der Waals surface area contributed by atoms with Gasteiger partial charge in [0.05, 0.1) is 24.4 Å². The van der Waals surface area contributed by atoms with Crippen molar-refractivity contribution in [2.75, 3.05) is 42.6 Å². The average Bonchev–Trinajstić information content (AvgIpc) is 2.73. The monoisotopic (exact) mass is 419 g/mol. The van der Waals surface area contributed by atoms with E-state index < -0.39 is 11.3 Å². The molecule has 4 rings (SSSR count). The van der Waals surface area contributed by atoms with Crippen LogP contribution in [0.5, 0.6) is 0 Å². The highest BCUT2D eigenvalue weighted by molar-refractivity contribution is 7.80. The van der Waals surface area contributed by atoms with Crippen LogP contribution in [0.1, 0.15) is 0 Å². The molecule has 1 aliphatic rings. The molecular formula is C18H18ClN5O3S. The van der Waals surface area contributed by atoms with Gasteiger partial charge in [-0.1, -0.05) is 17.7 Å². The standard InChI is InChI=1S/C18H18ClN5O3S/c1-23(28(25)26)16-9-13(10-20-17(16)19)12-2-3-15-14(8-12)18(22-11-21-15)24-4-6-27-7-5-24/h2-3,8-11H,4-7H2,1H3,(H,25,26). The lowest BCUT2D eigenvalue weighted by atomic mass is 10.0. The van der Waals surface area contributed by atoms with E-state index in [2.05, 4.69) is 19.9 Å². The molecular weight excluding hydrogens is 402 g/mol. The third kappa shape index (κ3) is 3.66. The Bertz CT molecular complexity index is 1040. The maximum atomic E-state index is 11.4. The summed E-state index contributed by atoms with van der Waals surface area (Å²) in [5.74, 6) is 0.867. The van der Waals surface area contributed by atoms with Crippen LogP contribution in [0.25, 0.3) is 22.0 Å². The zero-order valence-electron chi connectivity index (χ0n) is 15.1. The van der Waals surface area contributed by atoms with Gasteiger partial charge < -0.3 is 9.64 Å². The number of benzene rings is 1. The fourth-order valence-corrected chi connectivity index (χ4v) is 3.74. The zero-order chi connectivity index (χ0) is 19.7. The van der Waals surface area contributed by atoms with Crippen LogP contribution in [0.15, 0.2) is 36.8 Å². The number of nitrogens with zero attached hydrogens (tertiary/aromatic N) is 5. The molecule has 1 atom stereocenters. The van der Waals surface area contributed by atoms with Gasteiger partial charge in [0.25, 0.3) is 11.3 Å². The molecule has 1 aliphatic heterocycles. The third-order valence-electron chi connectivity index (χ3n) is 4.65. The van der Waals surface area contributed by atoms with E-state index in [9.17, 15) is 8.76 Å². The number of aromatic nitrogens is 3. The third-order valence-corrected chi connectivity index (χ3v) is 5.61. The number of morpholine rings is 1. The number of halogens is 1. The fourth-order valence-electron chi connectivity index (χ4n) is 3.15. The number of hydrogen-bond acceptors (Lipinski definition) is 6. The van der Waals surface area contributed by atoms with E-state index in [-0.39, 0.29) is 5.15 Å². The summed E-state index contributed by atoms with van der Waals surface area (Å²) >= 11 is 3.91. The molecule has 2 aromatic heterocycles. The highest BCUT2D eigenvalue weighted by Gasteiger charge is 2.17. The lowest BCUT2D eigenvalue weighted by Gasteiger charge is -2.28. The number of hydrogen-bond donors (Lipinski definition) is 1. The molecule has 0 amide bonds. The first-order valence-electron chi connectivity index (χ1n) is 8.62. The average molecular weight is 420 g/mol. The van der Waals surface area contributed by atoms with Crippen LogP contribution in [0.2, 0.25) is 5.15 Å². The van der Waals surface area contributed by atoms with Crippen molar-refractivity contribution >= 4 is 45.3 Å². The van der Waals surface area contributed by atoms with Crippen LogP contribution in [-0.2, 0) is 16.0 Å². The predicted molar refractivity (Wildman–Crippen MR) is 110 cm³/mol. The van der Waals surface area contributed by atoms with Gasteiger partial charge in [-0.15, -0.1) is 0 Å². The summed E-state index contributed by atoms with van der Waals surface area (Å²) in [5.41, 5.74) is 2.88. The van der Waals surface area contributed by atoms with E-state index in [0.717, 1.165) is 45.2 Å². The maximum Gasteiger partial charge on any atom is 0.261 e. The van der Waals surface area contributed by atoms with Crippen molar-refractivity contribution in [3.05, 3.63) is 41.9 Å². The van der Waals surface area contributed by atoms with E-state index >= 15 is 0 Å². The van der Waals surface area contributed by atoms with Gasteiger partial charge >= 0.3 is 0 Å². The second kappa shape index (κ2) is 7.96. The van der Waals surface area contributed by atoms with Crippen molar-refractivity contribution in [2.45, 2.75) is 0 Å². The molecule has 0 bridgehead atoms. The molecule has 1 saturated heterocycles. The minimum atomic E-state index is -2.20. The van der Waals surface area contributed by atoms with E-state index in [1.165, 1.54) is 7.05 Å². The summed E-state index contributed by atoms with van der Waals surface area (Å²) in [6.07, 6.45) is 3.21. The van der Waals surface area contributed by atoms with Gasteiger partial charge in [0.2, 0.25) is 0 Å². The fraction of sp³-hybridized carbons (Fsp3) is 0.278. The number of anilines is 2. The summed E-state index contributed by atoms with van der Waals surface area (Å²) in [6, 6.07) is 7.61. The lowest BCUT2D eigenvalue weighted by Crippen LogP contribution is -2.36. The normalized spacial score (nSPS) is 15.6. The Labute approximate surface area is 169 Å². The minimum Gasteiger partial charge on any atom is -0.378 e. The summed E-state index contributed by atoms with van der Waals surface area (Å²) < 4.78 is 27.4. The summed E-state index contributed by atoms with van der Waals surface area (Å²) in [5, 5.41) is 1.09. The maximum absolute atomic E-state index is 11.4. The molecule has 1 unspecified atom stereocenters. The summed E-state index contributed by atoms with van der Waals surface area (Å²) in [4.78, 5) is 15.2. The molecule has 0 aliphatic carbocycles. The van der Waals surface area contributed by atoms with Gasteiger partial charge in [-0.3, -0.25) is 8.86 Å². The van der Waals surface area contributed by atoms with E-state index in [1.54, 1.807) is 18.6 Å². The molecule has 0 spiro atoms. The topological polar surface area (TPSA) is 91.7 Å². The smallest absolute Gasteiger partial charge is 0.261 e. The van der Waals surface area contributed by atoms with Crippen molar-refractivity contribution in [1.29, 1.82) is 0 Å². The molecule has 1 aromatic carbocycles. The van der Waals surface area contributed by atoms with Gasteiger partial charge in [0.15, 0.2) is 5.15 Å². The van der Waals surface area contributed by atoms with Gasteiger partial charge in [-0.25, -0.2) is 19.2 Å². The Morgan fingerprint density at radius 2 is 1.96 bits per heavy atom. The van der Waals surface area contributed by atoms with E-state index in [0.29, 0.717) is 18.9 Å². The molecule has 10 heteroatoms. The Morgan fingerprint density at radius 1 is 1.18 bits per heavy atom. The minimum absolute atomic E-state index is 0.159. The Hall–Kier alpha value is -2.33. The van der Waals surface area contributed by atoms with Crippen molar-refractivity contribution in [3.63, 3.8) is 0 Å². The van der Waals surface area contributed by atoms with Crippen LogP contribution in [0.3, 0.4) is 0 Å². The second-order valence-electron chi connectivity index (χ2n) is 6.29. The second-order valence-corrected chi connectivity index (χ2v) is 7.66. The SMILES string of the molecule is CN(c1cc(-c2ccc3ncnc(N4CCOCC4)c3c2)cnc1Cl)S(=O)O. The molecule has 8 nitrogen and oxygen atoms in total. The number of ether oxygens (including phenoxy) is 1. The van der Waals surface area contributed by atoms with Crippen molar-refractivity contribution in [3.8, 4) is 11.1 Å². The number of pyridine rings is 1. The van der Waals surface area contributed by atoms with Crippen molar-refractivity contribution in [1.82, 2.24) is 15.0 Å². The Morgan fingerprint density at radius 3 is 2.71 bits per heavy atom. The van der Waals surface area contributed by atoms with Crippen molar-refractivity contribution < 1.29 is 13.5 Å². The lowest BCUT2D eigenvalue weighted by molar-refractivity contribution is 0.122. The van der Waals surface area contributed by atoms with Gasteiger partial charge in [0.1, 0.15) is 12.1 Å². The van der Waals surface area contributed by atoms with Crippen LogP contribution in [0, 0.1) is 0 Å². The predicted octanol–water partition coefficient (Wildman–Crippen LogP) is 2.75. The molecule has 3 aromatic rings. The highest BCUT2D eigenvalue weighted by Crippen LogP contribution is 2.32. The Kier molecular flexibility index (Phi) is 5.40. The summed E-state index contributed by atoms with van der Waals surface area (Å²) in [7, 11) is 1.48. The van der Waals surface area contributed by atoms with Crippen LogP contribution in [0.4, 0.5) is 11.5 Å². The number of fused-ring (bicyclic) bond motifs is 1. The molecule has 3 heterocycles. The molecule has 0 radical (unpaired) electrons. The molecule has 146 valence electrons. The highest BCUT2D eigenvalue weighted by atomic mass is 35.5.